The molecule has 0 radical (unpaired) electrons. The summed E-state index contributed by atoms with van der Waals surface area (Å²) in [6.45, 7) is 1.98. The number of hydrogen-bond donors (Lipinski definition) is 1. The molecule has 5 heteroatoms. The second-order valence-electron chi connectivity index (χ2n) is 4.73. The van der Waals surface area contributed by atoms with E-state index in [9.17, 15) is 0 Å². The van der Waals surface area contributed by atoms with Gasteiger partial charge in [-0.1, -0.05) is 11.2 Å². The molecule has 0 fully saturated rings. The molecule has 0 atom stereocenters. The molecule has 0 saturated heterocycles. The van der Waals surface area contributed by atoms with Gasteiger partial charge in [0.15, 0.2) is 0 Å². The third-order valence-corrected chi connectivity index (χ3v) is 3.25. The summed E-state index contributed by atoms with van der Waals surface area (Å²) in [5.74, 6) is 1.78. The molecule has 3 rings (SSSR count). The Labute approximate surface area is 122 Å². The zero-order valence-corrected chi connectivity index (χ0v) is 11.8. The lowest BCUT2D eigenvalue weighted by molar-refractivity contribution is 0.410. The molecule has 0 unspecified atom stereocenters. The van der Waals surface area contributed by atoms with Crippen LogP contribution in [0.3, 0.4) is 0 Å². The quantitative estimate of drug-likeness (QED) is 0.745. The first kappa shape index (κ1) is 13.2. The van der Waals surface area contributed by atoms with Crippen molar-refractivity contribution < 1.29 is 9.26 Å². The third-order valence-electron chi connectivity index (χ3n) is 3.25. The molecule has 1 heterocycles. The van der Waals surface area contributed by atoms with Gasteiger partial charge in [-0.15, -0.1) is 0 Å². The van der Waals surface area contributed by atoms with Crippen molar-refractivity contribution in [3.63, 3.8) is 0 Å². The van der Waals surface area contributed by atoms with E-state index in [4.69, 9.17) is 15.0 Å². The molecule has 106 valence electrons. The van der Waals surface area contributed by atoms with E-state index < -0.39 is 0 Å². The highest BCUT2D eigenvalue weighted by atomic mass is 16.5. The Balaban J connectivity index is 1.96. The minimum atomic E-state index is 0.458. The Morgan fingerprint density at radius 1 is 1.05 bits per heavy atom. The van der Waals surface area contributed by atoms with Crippen molar-refractivity contribution in [2.45, 2.75) is 6.92 Å². The number of rotatable bonds is 3. The lowest BCUT2D eigenvalue weighted by atomic mass is 10.1. The monoisotopic (exact) mass is 281 g/mol. The fraction of sp³-hybridized carbons (Fsp3) is 0.125. The maximum Gasteiger partial charge on any atom is 0.258 e. The van der Waals surface area contributed by atoms with Crippen molar-refractivity contribution in [2.24, 2.45) is 0 Å². The van der Waals surface area contributed by atoms with Gasteiger partial charge in [0, 0.05) is 16.8 Å². The van der Waals surface area contributed by atoms with Gasteiger partial charge in [0.2, 0.25) is 5.82 Å². The van der Waals surface area contributed by atoms with Crippen molar-refractivity contribution in [1.29, 1.82) is 0 Å². The third kappa shape index (κ3) is 2.58. The molecule has 0 aliphatic carbocycles. The van der Waals surface area contributed by atoms with Crippen LogP contribution in [0.5, 0.6) is 5.75 Å². The number of benzene rings is 2. The van der Waals surface area contributed by atoms with Crippen LogP contribution in [0.1, 0.15) is 5.56 Å². The van der Waals surface area contributed by atoms with Crippen LogP contribution in [0.4, 0.5) is 5.69 Å². The number of anilines is 1. The Morgan fingerprint density at radius 2 is 1.76 bits per heavy atom. The van der Waals surface area contributed by atoms with E-state index in [0.29, 0.717) is 17.4 Å². The zero-order valence-electron chi connectivity index (χ0n) is 11.8. The van der Waals surface area contributed by atoms with Gasteiger partial charge in [0.05, 0.1) is 7.11 Å². The molecule has 0 aliphatic heterocycles. The summed E-state index contributed by atoms with van der Waals surface area (Å²) < 4.78 is 10.6. The van der Waals surface area contributed by atoms with Crippen molar-refractivity contribution in [3.05, 3.63) is 48.0 Å². The molecule has 0 spiro atoms. The minimum Gasteiger partial charge on any atom is -0.496 e. The van der Waals surface area contributed by atoms with Crippen LogP contribution in [-0.4, -0.2) is 17.3 Å². The van der Waals surface area contributed by atoms with Gasteiger partial charge < -0.3 is 15.0 Å². The lowest BCUT2D eigenvalue weighted by Gasteiger charge is -2.04. The highest BCUT2D eigenvalue weighted by Crippen LogP contribution is 2.27. The first-order chi connectivity index (χ1) is 10.2. The van der Waals surface area contributed by atoms with E-state index in [1.54, 1.807) is 19.2 Å². The van der Waals surface area contributed by atoms with E-state index in [1.807, 2.05) is 37.3 Å². The van der Waals surface area contributed by atoms with Crippen LogP contribution in [0.2, 0.25) is 0 Å². The molecule has 0 amide bonds. The number of nitrogens with two attached hydrogens (primary N) is 1. The number of hydrogen-bond acceptors (Lipinski definition) is 5. The van der Waals surface area contributed by atoms with Crippen LogP contribution in [-0.2, 0) is 0 Å². The molecule has 0 aliphatic rings. The molecule has 3 aromatic rings. The standard InChI is InChI=1S/C16H15N3O2/c1-10-3-4-12(9-14(10)20-2)16-18-15(19-21-16)11-5-7-13(17)8-6-11/h3-9H,17H2,1-2H3. The van der Waals surface area contributed by atoms with Gasteiger partial charge in [0.25, 0.3) is 5.89 Å². The van der Waals surface area contributed by atoms with Crippen LogP contribution >= 0.6 is 0 Å². The molecule has 21 heavy (non-hydrogen) atoms. The summed E-state index contributed by atoms with van der Waals surface area (Å²) in [7, 11) is 1.64. The molecule has 0 saturated carbocycles. The highest BCUT2D eigenvalue weighted by Gasteiger charge is 2.12. The molecule has 2 aromatic carbocycles. The molecule has 5 nitrogen and oxygen atoms in total. The molecular weight excluding hydrogens is 266 g/mol. The lowest BCUT2D eigenvalue weighted by Crippen LogP contribution is -1.88. The Kier molecular flexibility index (Phi) is 3.31. The number of aromatic nitrogens is 2. The van der Waals surface area contributed by atoms with Gasteiger partial charge >= 0.3 is 0 Å². The average Bonchev–Trinajstić information content (AvgIpc) is 2.98. The fourth-order valence-corrected chi connectivity index (χ4v) is 2.04. The summed E-state index contributed by atoms with van der Waals surface area (Å²) in [5.41, 5.74) is 9.11. The molecule has 2 N–H and O–H groups in total. The van der Waals surface area contributed by atoms with Crippen molar-refractivity contribution in [2.75, 3.05) is 12.8 Å². The summed E-state index contributed by atoms with van der Waals surface area (Å²) >= 11 is 0. The van der Waals surface area contributed by atoms with Gasteiger partial charge in [0.1, 0.15) is 5.75 Å². The molecule has 1 aromatic heterocycles. The number of methoxy groups -OCH3 is 1. The van der Waals surface area contributed by atoms with Gasteiger partial charge in [-0.05, 0) is 48.9 Å². The van der Waals surface area contributed by atoms with E-state index in [2.05, 4.69) is 10.1 Å². The minimum absolute atomic E-state index is 0.458. The first-order valence-corrected chi connectivity index (χ1v) is 6.52. The van der Waals surface area contributed by atoms with Crippen molar-refractivity contribution >= 4 is 5.69 Å². The van der Waals surface area contributed by atoms with Crippen LogP contribution in [0.25, 0.3) is 22.8 Å². The largest absolute Gasteiger partial charge is 0.496 e. The predicted octanol–water partition coefficient (Wildman–Crippen LogP) is 3.30. The number of nitrogen functional groups attached to an aromatic ring is 1. The SMILES string of the molecule is COc1cc(-c2nc(-c3ccc(N)cc3)no2)ccc1C. The molecule has 0 bridgehead atoms. The predicted molar refractivity (Wildman–Crippen MR) is 80.9 cm³/mol. The summed E-state index contributed by atoms with van der Waals surface area (Å²) in [6.07, 6.45) is 0. The van der Waals surface area contributed by atoms with E-state index >= 15 is 0 Å². The normalized spacial score (nSPS) is 10.6. The summed E-state index contributed by atoms with van der Waals surface area (Å²) in [4.78, 5) is 4.41. The summed E-state index contributed by atoms with van der Waals surface area (Å²) in [6, 6.07) is 13.1. The summed E-state index contributed by atoms with van der Waals surface area (Å²) in [5, 5.41) is 4.00. The van der Waals surface area contributed by atoms with Gasteiger partial charge in [-0.2, -0.15) is 4.98 Å². The Bertz CT molecular complexity index is 763. The zero-order chi connectivity index (χ0) is 14.8. The smallest absolute Gasteiger partial charge is 0.258 e. The highest BCUT2D eigenvalue weighted by molar-refractivity contribution is 5.63. The van der Waals surface area contributed by atoms with Gasteiger partial charge in [-0.3, -0.25) is 0 Å². The topological polar surface area (TPSA) is 74.2 Å². The second-order valence-corrected chi connectivity index (χ2v) is 4.73. The number of nitrogens with zero attached hydrogens (tertiary/aromatic N) is 2. The van der Waals surface area contributed by atoms with E-state index in [0.717, 1.165) is 22.4 Å². The van der Waals surface area contributed by atoms with Crippen LogP contribution < -0.4 is 10.5 Å². The maximum atomic E-state index is 5.67. The van der Waals surface area contributed by atoms with Crippen LogP contribution in [0.15, 0.2) is 47.0 Å². The number of aryl methyl sites for hydroxylation is 1. The fourth-order valence-electron chi connectivity index (χ4n) is 2.04. The maximum absolute atomic E-state index is 5.67. The first-order valence-electron chi connectivity index (χ1n) is 6.52. The van der Waals surface area contributed by atoms with Crippen molar-refractivity contribution in [1.82, 2.24) is 10.1 Å². The second kappa shape index (κ2) is 5.28. The number of ether oxygens (including phenoxy) is 1. The molecular formula is C16H15N3O2. The van der Waals surface area contributed by atoms with Crippen molar-refractivity contribution in [3.8, 4) is 28.6 Å². The Morgan fingerprint density at radius 3 is 2.48 bits per heavy atom. The Hall–Kier alpha value is -2.82. The average molecular weight is 281 g/mol. The van der Waals surface area contributed by atoms with E-state index in [1.165, 1.54) is 0 Å². The van der Waals surface area contributed by atoms with Gasteiger partial charge in [-0.25, -0.2) is 0 Å². The van der Waals surface area contributed by atoms with E-state index in [-0.39, 0.29) is 0 Å². The van der Waals surface area contributed by atoms with Crippen LogP contribution in [0, 0.1) is 6.92 Å².